The summed E-state index contributed by atoms with van der Waals surface area (Å²) in [5.41, 5.74) is 1.62. The van der Waals surface area contributed by atoms with Gasteiger partial charge in [-0.25, -0.2) is 4.98 Å². The smallest absolute Gasteiger partial charge is 0.229 e. The second-order valence-corrected chi connectivity index (χ2v) is 12.4. The number of benzene rings is 1. The molecule has 2 aromatic heterocycles. The van der Waals surface area contributed by atoms with Crippen LogP contribution in [0.5, 0.6) is 0 Å². The van der Waals surface area contributed by atoms with Crippen molar-refractivity contribution in [2.45, 2.75) is 57.1 Å². The molecule has 0 unspecified atom stereocenters. The summed E-state index contributed by atoms with van der Waals surface area (Å²) < 4.78 is 5.55. The molecule has 7 nitrogen and oxygen atoms in total. The third-order valence-corrected chi connectivity index (χ3v) is 9.58. The third-order valence-electron chi connectivity index (χ3n) is 9.25. The monoisotopic (exact) mass is 534 g/mol. The molecule has 2 N–H and O–H groups in total. The Morgan fingerprint density at radius 3 is 2.61 bits per heavy atom. The van der Waals surface area contributed by atoms with Gasteiger partial charge in [0, 0.05) is 34.4 Å². The van der Waals surface area contributed by atoms with Gasteiger partial charge in [0.15, 0.2) is 0 Å². The molecule has 4 atom stereocenters. The molecule has 2 aliphatic heterocycles. The van der Waals surface area contributed by atoms with E-state index >= 15 is 0 Å². The number of piperidine rings is 1. The van der Waals surface area contributed by atoms with E-state index in [1.807, 2.05) is 30.3 Å². The Hall–Kier alpha value is -2.58. The lowest BCUT2D eigenvalue weighted by atomic mass is 9.85. The highest BCUT2D eigenvalue weighted by Gasteiger charge is 2.63. The fourth-order valence-electron chi connectivity index (χ4n) is 6.66. The maximum Gasteiger partial charge on any atom is 0.229 e. The number of hydrogen-bond donors (Lipinski definition) is 2. The highest BCUT2D eigenvalue weighted by atomic mass is 35.5. The number of nitrogens with zero attached hydrogens (tertiary/aromatic N) is 3. The van der Waals surface area contributed by atoms with Gasteiger partial charge < -0.3 is 15.2 Å². The minimum Gasteiger partial charge on any atom is -0.389 e. The van der Waals surface area contributed by atoms with Gasteiger partial charge in [-0.3, -0.25) is 14.7 Å². The van der Waals surface area contributed by atoms with Crippen LogP contribution in [-0.2, 0) is 9.53 Å². The van der Waals surface area contributed by atoms with Crippen LogP contribution in [-0.4, -0.2) is 63.8 Å². The third kappa shape index (κ3) is 4.39. The van der Waals surface area contributed by atoms with E-state index in [1.54, 1.807) is 12.4 Å². The fourth-order valence-corrected chi connectivity index (χ4v) is 6.99. The highest BCUT2D eigenvalue weighted by molar-refractivity contribution is 6.32. The number of hydrogen-bond acceptors (Lipinski definition) is 6. The average molecular weight is 535 g/mol. The number of anilines is 1. The van der Waals surface area contributed by atoms with Crippen molar-refractivity contribution >= 4 is 34.1 Å². The lowest BCUT2D eigenvalue weighted by Gasteiger charge is -2.43. The number of aromatic nitrogens is 2. The van der Waals surface area contributed by atoms with E-state index < -0.39 is 6.10 Å². The lowest BCUT2D eigenvalue weighted by molar-refractivity contribution is -0.118. The van der Waals surface area contributed by atoms with Crippen LogP contribution in [0.2, 0.25) is 5.02 Å². The molecule has 0 spiro atoms. The van der Waals surface area contributed by atoms with Gasteiger partial charge in [0.05, 0.1) is 30.8 Å². The molecule has 38 heavy (non-hydrogen) atoms. The molecule has 0 radical (unpaired) electrons. The quantitative estimate of drug-likeness (QED) is 0.479. The van der Waals surface area contributed by atoms with E-state index in [1.165, 1.54) is 0 Å². The second-order valence-electron chi connectivity index (χ2n) is 12.0. The topological polar surface area (TPSA) is 87.6 Å². The number of nitrogens with one attached hydrogen (secondary N) is 1. The van der Waals surface area contributed by atoms with Crippen LogP contribution in [0.25, 0.3) is 10.8 Å². The number of aliphatic hydroxyl groups excluding tert-OH is 1. The Labute approximate surface area is 228 Å². The Balaban J connectivity index is 1.17. The van der Waals surface area contributed by atoms with Crippen LogP contribution in [0.1, 0.15) is 56.7 Å². The summed E-state index contributed by atoms with van der Waals surface area (Å²) in [5.74, 6) is 0.816. The number of ether oxygens (including phenoxy) is 1. The van der Waals surface area contributed by atoms with E-state index in [9.17, 15) is 9.90 Å². The van der Waals surface area contributed by atoms with Crippen molar-refractivity contribution in [1.29, 1.82) is 0 Å². The van der Waals surface area contributed by atoms with Crippen LogP contribution >= 0.6 is 11.6 Å². The average Bonchev–Trinajstić information content (AvgIpc) is 3.34. The Morgan fingerprint density at radius 2 is 1.92 bits per heavy atom. The molecule has 1 aliphatic carbocycles. The number of amides is 1. The van der Waals surface area contributed by atoms with Gasteiger partial charge in [0.1, 0.15) is 5.82 Å². The maximum absolute atomic E-state index is 13.2. The summed E-state index contributed by atoms with van der Waals surface area (Å²) >= 11 is 6.75. The highest BCUT2D eigenvalue weighted by Crippen LogP contribution is 2.64. The molecule has 1 amide bonds. The predicted molar refractivity (Wildman–Crippen MR) is 148 cm³/mol. The number of halogens is 1. The first-order valence-electron chi connectivity index (χ1n) is 13.5. The molecule has 200 valence electrons. The number of aliphatic hydroxyl groups is 1. The first-order valence-corrected chi connectivity index (χ1v) is 13.9. The molecule has 1 saturated carbocycles. The zero-order valence-electron chi connectivity index (χ0n) is 22.2. The molecule has 3 aromatic rings. The van der Waals surface area contributed by atoms with Gasteiger partial charge >= 0.3 is 0 Å². The Bertz CT molecular complexity index is 1360. The number of pyridine rings is 2. The Kier molecular flexibility index (Phi) is 6.46. The predicted octanol–water partition coefficient (Wildman–Crippen LogP) is 4.99. The zero-order valence-corrected chi connectivity index (χ0v) is 22.9. The molecule has 8 heteroatoms. The van der Waals surface area contributed by atoms with Crippen LogP contribution in [0, 0.1) is 11.3 Å². The lowest BCUT2D eigenvalue weighted by Crippen LogP contribution is -2.56. The molecule has 6 rings (SSSR count). The van der Waals surface area contributed by atoms with E-state index in [4.69, 9.17) is 16.3 Å². The zero-order chi connectivity index (χ0) is 26.7. The minimum atomic E-state index is -0.454. The van der Waals surface area contributed by atoms with E-state index in [0.717, 1.165) is 53.0 Å². The van der Waals surface area contributed by atoms with Crippen molar-refractivity contribution in [2.24, 2.45) is 11.3 Å². The standard InChI is InChI=1S/C30H35ClN4O3/c1-29(2)26(23-6-4-5-9-32-23)27(29)28(37)34-25-14-19-12-21(22(31)13-20(19)15-33-25)18-7-10-35(11-8-18)30(3)17-38-16-24(30)36/h4-6,9,12-15,18,24,26-27,36H,7-8,10-11,16-17H2,1-3H3,(H,33,34,37)/t24-,26-,27+,30+/m0/s1. The van der Waals surface area contributed by atoms with Gasteiger partial charge in [-0.1, -0.05) is 31.5 Å². The molecular formula is C30H35ClN4O3. The van der Waals surface area contributed by atoms with Gasteiger partial charge in [0.25, 0.3) is 0 Å². The maximum atomic E-state index is 13.2. The summed E-state index contributed by atoms with van der Waals surface area (Å²) in [6, 6.07) is 11.9. The fraction of sp³-hybridized carbons (Fsp3) is 0.500. The molecule has 3 fully saturated rings. The number of carbonyl (C=O) groups excluding carboxylic acids is 1. The summed E-state index contributed by atoms with van der Waals surface area (Å²) in [6.45, 7) is 9.08. The normalized spacial score (nSPS) is 29.4. The van der Waals surface area contributed by atoms with E-state index in [-0.39, 0.29) is 28.7 Å². The van der Waals surface area contributed by atoms with Crippen LogP contribution in [0.15, 0.2) is 48.8 Å². The minimum absolute atomic E-state index is 0.0226. The van der Waals surface area contributed by atoms with Crippen molar-refractivity contribution in [1.82, 2.24) is 14.9 Å². The molecule has 0 bridgehead atoms. The van der Waals surface area contributed by atoms with Crippen LogP contribution in [0.3, 0.4) is 0 Å². The van der Waals surface area contributed by atoms with E-state index in [0.29, 0.717) is 24.9 Å². The van der Waals surface area contributed by atoms with Crippen molar-refractivity contribution < 1.29 is 14.6 Å². The summed E-state index contributed by atoms with van der Waals surface area (Å²) in [4.78, 5) is 24.6. The SMILES string of the molecule is CC1(C)[C@@H](C(=O)Nc2cc3cc(C4CCN([C@]5(C)COC[C@@H]5O)CC4)c(Cl)cc3cn2)[C@@H]1c1ccccn1. The second kappa shape index (κ2) is 9.56. The van der Waals surface area contributed by atoms with Gasteiger partial charge in [-0.15, -0.1) is 0 Å². The number of likely N-dealkylation sites (tertiary alicyclic amines) is 1. The summed E-state index contributed by atoms with van der Waals surface area (Å²) in [6.07, 6.45) is 5.04. The number of carbonyl (C=O) groups is 1. The van der Waals surface area contributed by atoms with Gasteiger partial charge in [-0.05, 0) is 85.5 Å². The van der Waals surface area contributed by atoms with Crippen LogP contribution in [0.4, 0.5) is 5.82 Å². The first kappa shape index (κ1) is 25.7. The molecular weight excluding hydrogens is 500 g/mol. The summed E-state index contributed by atoms with van der Waals surface area (Å²) in [7, 11) is 0. The van der Waals surface area contributed by atoms with Gasteiger partial charge in [0.2, 0.25) is 5.91 Å². The van der Waals surface area contributed by atoms with Crippen molar-refractivity contribution in [3.05, 3.63) is 65.1 Å². The van der Waals surface area contributed by atoms with Crippen molar-refractivity contribution in [3.8, 4) is 0 Å². The molecule has 2 saturated heterocycles. The van der Waals surface area contributed by atoms with Gasteiger partial charge in [-0.2, -0.15) is 0 Å². The molecule has 3 aliphatic rings. The number of rotatable bonds is 5. The van der Waals surface area contributed by atoms with Crippen molar-refractivity contribution in [2.75, 3.05) is 31.6 Å². The Morgan fingerprint density at radius 1 is 1.13 bits per heavy atom. The summed E-state index contributed by atoms with van der Waals surface area (Å²) in [5, 5.41) is 16.2. The largest absolute Gasteiger partial charge is 0.389 e. The van der Waals surface area contributed by atoms with Crippen molar-refractivity contribution in [3.63, 3.8) is 0 Å². The van der Waals surface area contributed by atoms with Crippen LogP contribution < -0.4 is 5.32 Å². The number of fused-ring (bicyclic) bond motifs is 1. The molecule has 1 aromatic carbocycles. The van der Waals surface area contributed by atoms with E-state index in [2.05, 4.69) is 47.0 Å². The first-order chi connectivity index (χ1) is 18.2. The molecule has 4 heterocycles.